The van der Waals surface area contributed by atoms with E-state index in [0.717, 1.165) is 11.3 Å². The van der Waals surface area contributed by atoms with Crippen LogP contribution in [0.15, 0.2) is 24.7 Å². The van der Waals surface area contributed by atoms with Crippen molar-refractivity contribution in [3.05, 3.63) is 24.7 Å². The molecule has 2 aromatic heterocycles. The summed E-state index contributed by atoms with van der Waals surface area (Å²) in [6, 6.07) is 1.82. The molecule has 0 amide bonds. The van der Waals surface area contributed by atoms with Crippen molar-refractivity contribution < 1.29 is 0 Å². The summed E-state index contributed by atoms with van der Waals surface area (Å²) in [6.45, 7) is 0. The first-order valence-electron chi connectivity index (χ1n) is 2.97. The highest BCUT2D eigenvalue weighted by Crippen LogP contribution is 2.09. The Kier molecular flexibility index (Phi) is 0.768. The molecule has 0 aromatic carbocycles. The molecule has 0 radical (unpaired) electrons. The number of rotatable bonds is 0. The Morgan fingerprint density at radius 1 is 1.30 bits per heavy atom. The highest BCUT2D eigenvalue weighted by Gasteiger charge is 1.97. The summed E-state index contributed by atoms with van der Waals surface area (Å²) in [5.74, 6) is 5.53. The molecule has 0 spiro atoms. The van der Waals surface area contributed by atoms with Crippen LogP contribution in [0, 0.1) is 0 Å². The molecule has 0 fully saturated rings. The van der Waals surface area contributed by atoms with Gasteiger partial charge in [-0.3, -0.25) is 4.68 Å². The van der Waals surface area contributed by atoms with E-state index >= 15 is 0 Å². The second-order valence-electron chi connectivity index (χ2n) is 2.24. The summed E-state index contributed by atoms with van der Waals surface area (Å²) in [7, 11) is 0. The summed E-state index contributed by atoms with van der Waals surface area (Å²) in [4.78, 5) is 0. The van der Waals surface area contributed by atoms with Crippen LogP contribution in [0.5, 0.6) is 0 Å². The smallest absolute Gasteiger partial charge is 0.137 e. The van der Waals surface area contributed by atoms with Gasteiger partial charge in [0.25, 0.3) is 0 Å². The quantitative estimate of drug-likeness (QED) is 0.502. The predicted molar refractivity (Wildman–Crippen MR) is 39.9 cm³/mol. The molecular formula is C6H8N4. The van der Waals surface area contributed by atoms with E-state index in [1.807, 2.05) is 22.9 Å². The number of nitrogens with two attached hydrogens (primary N) is 2. The van der Waals surface area contributed by atoms with Crippen LogP contribution in [0.2, 0.25) is 0 Å². The average Bonchev–Trinajstić information content (AvgIpc) is 2.35. The second kappa shape index (κ2) is 1.47. The fourth-order valence-electron chi connectivity index (χ4n) is 1.03. The lowest BCUT2D eigenvalue weighted by molar-refractivity contribution is 1.05. The summed E-state index contributed by atoms with van der Waals surface area (Å²) in [6.07, 6.45) is 5.44. The highest BCUT2D eigenvalue weighted by atomic mass is 15.3. The first kappa shape index (κ1) is 5.22. The van der Waals surface area contributed by atoms with Crippen molar-refractivity contribution in [3.8, 4) is 0 Å². The molecule has 0 aliphatic carbocycles. The molecule has 0 saturated heterocycles. The molecule has 2 aromatic rings. The molecule has 0 aliphatic rings. The van der Waals surface area contributed by atoms with Crippen molar-refractivity contribution in [2.24, 2.45) is 0 Å². The first-order chi connectivity index (χ1) is 4.77. The third-order valence-corrected chi connectivity index (χ3v) is 1.50. The van der Waals surface area contributed by atoms with E-state index in [2.05, 4.69) is 0 Å². The fourth-order valence-corrected chi connectivity index (χ4v) is 1.03. The molecule has 4 N–H and O–H groups in total. The molecular weight excluding hydrogens is 128 g/mol. The van der Waals surface area contributed by atoms with Crippen LogP contribution in [0.4, 0.5) is 5.69 Å². The molecule has 52 valence electrons. The van der Waals surface area contributed by atoms with Gasteiger partial charge in [0.05, 0.1) is 5.69 Å². The van der Waals surface area contributed by atoms with E-state index in [1.165, 1.54) is 4.68 Å². The largest absolute Gasteiger partial charge is 0.397 e. The van der Waals surface area contributed by atoms with Crippen LogP contribution in [-0.4, -0.2) is 9.08 Å². The zero-order valence-corrected chi connectivity index (χ0v) is 5.36. The van der Waals surface area contributed by atoms with Gasteiger partial charge in [0.2, 0.25) is 0 Å². The van der Waals surface area contributed by atoms with Crippen molar-refractivity contribution in [2.45, 2.75) is 0 Å². The van der Waals surface area contributed by atoms with Gasteiger partial charge in [0.1, 0.15) is 5.65 Å². The zero-order chi connectivity index (χ0) is 7.14. The average molecular weight is 136 g/mol. The fraction of sp³-hybridized carbons (Fsp3) is 0. The number of imidazole rings is 1. The number of nitrogens with zero attached hydrogens (tertiary/aromatic N) is 2. The molecule has 2 rings (SSSR count). The minimum Gasteiger partial charge on any atom is -0.397 e. The molecule has 0 aliphatic heterocycles. The van der Waals surface area contributed by atoms with Crippen LogP contribution in [0.1, 0.15) is 0 Å². The maximum atomic E-state index is 5.53. The molecule has 0 atom stereocenters. The van der Waals surface area contributed by atoms with Crippen molar-refractivity contribution >= 4 is 11.3 Å². The summed E-state index contributed by atoms with van der Waals surface area (Å²) in [5, 5.41) is 0. The van der Waals surface area contributed by atoms with Gasteiger partial charge in [-0.15, -0.1) is 0 Å². The summed E-state index contributed by atoms with van der Waals surface area (Å²) < 4.78 is 3.39. The Morgan fingerprint density at radius 3 is 2.80 bits per heavy atom. The predicted octanol–water partition coefficient (Wildman–Crippen LogP) is 0.0368. The number of nitrogen functional groups attached to an aromatic ring is 2. The zero-order valence-electron chi connectivity index (χ0n) is 5.36. The number of hydrogen-bond donors (Lipinski definition) is 2. The SMILES string of the molecule is Nc1cc2n(N)ccn2c1. The molecule has 4 nitrogen and oxygen atoms in total. The number of anilines is 1. The topological polar surface area (TPSA) is 61.4 Å². The Hall–Kier alpha value is -1.58. The van der Waals surface area contributed by atoms with Crippen molar-refractivity contribution in [1.82, 2.24) is 9.08 Å². The molecule has 10 heavy (non-hydrogen) atoms. The number of hydrogen-bond acceptors (Lipinski definition) is 2. The molecule has 2 heterocycles. The monoisotopic (exact) mass is 136 g/mol. The lowest BCUT2D eigenvalue weighted by atomic mass is 10.5. The van der Waals surface area contributed by atoms with Gasteiger partial charge in [-0.25, -0.2) is 0 Å². The third kappa shape index (κ3) is 0.500. The molecule has 0 bridgehead atoms. The molecule has 4 heteroatoms. The van der Waals surface area contributed by atoms with Gasteiger partial charge >= 0.3 is 0 Å². The Balaban J connectivity index is 2.90. The Morgan fingerprint density at radius 2 is 2.10 bits per heavy atom. The van der Waals surface area contributed by atoms with Gasteiger partial charge in [0.15, 0.2) is 0 Å². The molecule has 0 unspecified atom stereocenters. The van der Waals surface area contributed by atoms with E-state index in [9.17, 15) is 0 Å². The van der Waals surface area contributed by atoms with E-state index < -0.39 is 0 Å². The van der Waals surface area contributed by atoms with Gasteiger partial charge in [-0.1, -0.05) is 0 Å². The maximum absolute atomic E-state index is 5.53. The van der Waals surface area contributed by atoms with E-state index in [-0.39, 0.29) is 0 Å². The normalized spacial score (nSPS) is 10.8. The Bertz CT molecular complexity index is 357. The standard InChI is InChI=1S/C6H8N4/c7-5-3-6-9(4-5)1-2-10(6)8/h1-4H,7-8H2. The van der Waals surface area contributed by atoms with Crippen molar-refractivity contribution in [3.63, 3.8) is 0 Å². The lowest BCUT2D eigenvalue weighted by Crippen LogP contribution is -2.04. The van der Waals surface area contributed by atoms with Crippen molar-refractivity contribution in [2.75, 3.05) is 11.6 Å². The summed E-state index contributed by atoms with van der Waals surface area (Å²) >= 11 is 0. The van der Waals surface area contributed by atoms with Crippen LogP contribution in [0.25, 0.3) is 5.65 Å². The van der Waals surface area contributed by atoms with Gasteiger partial charge in [-0.2, -0.15) is 0 Å². The lowest BCUT2D eigenvalue weighted by Gasteiger charge is -1.87. The number of fused-ring (bicyclic) bond motifs is 1. The van der Waals surface area contributed by atoms with Crippen LogP contribution in [-0.2, 0) is 0 Å². The van der Waals surface area contributed by atoms with Gasteiger partial charge in [-0.05, 0) is 0 Å². The third-order valence-electron chi connectivity index (χ3n) is 1.50. The van der Waals surface area contributed by atoms with Crippen LogP contribution >= 0.6 is 0 Å². The maximum Gasteiger partial charge on any atom is 0.137 e. The van der Waals surface area contributed by atoms with Gasteiger partial charge < -0.3 is 16.0 Å². The summed E-state index contributed by atoms with van der Waals surface area (Å²) in [5.41, 5.74) is 7.15. The van der Waals surface area contributed by atoms with Crippen molar-refractivity contribution in [1.29, 1.82) is 0 Å². The Labute approximate surface area is 57.6 Å². The van der Waals surface area contributed by atoms with Crippen LogP contribution in [0.3, 0.4) is 0 Å². The second-order valence-corrected chi connectivity index (χ2v) is 2.24. The first-order valence-corrected chi connectivity index (χ1v) is 2.97. The minimum absolute atomic E-state index is 0.731. The van der Waals surface area contributed by atoms with E-state index in [4.69, 9.17) is 11.6 Å². The number of aromatic nitrogens is 2. The molecule has 0 saturated carbocycles. The van der Waals surface area contributed by atoms with Crippen LogP contribution < -0.4 is 11.6 Å². The van der Waals surface area contributed by atoms with Gasteiger partial charge in [0, 0.05) is 24.7 Å². The highest BCUT2D eigenvalue weighted by molar-refractivity contribution is 5.54. The minimum atomic E-state index is 0.731. The van der Waals surface area contributed by atoms with E-state index in [0.29, 0.717) is 0 Å². The van der Waals surface area contributed by atoms with E-state index in [1.54, 1.807) is 6.20 Å².